The minimum atomic E-state index is -4.24. The van der Waals surface area contributed by atoms with Crippen molar-refractivity contribution < 1.29 is 27.5 Å². The minimum absolute atomic E-state index is 0.0824. The van der Waals surface area contributed by atoms with Crippen LogP contribution < -0.4 is 16.4 Å². The third-order valence-corrected chi connectivity index (χ3v) is 5.93. The fraction of sp³-hybridized carbons (Fsp3) is 0.714. The number of rotatable bonds is 5. The van der Waals surface area contributed by atoms with Gasteiger partial charge >= 0.3 is 6.18 Å². The summed E-state index contributed by atoms with van der Waals surface area (Å²) < 4.78 is 40.3. The number of halogens is 3. The number of aromatic amines is 1. The normalized spacial score (nSPS) is 19.5. The van der Waals surface area contributed by atoms with Crippen LogP contribution in [0.3, 0.4) is 0 Å². The summed E-state index contributed by atoms with van der Waals surface area (Å²) in [6.07, 6.45) is 6.36. The Morgan fingerprint density at radius 3 is 2.30 bits per heavy atom. The topological polar surface area (TPSA) is 146 Å². The first-order valence-electron chi connectivity index (χ1n) is 11.0. The number of carbonyl (C=O) groups is 2. The van der Waals surface area contributed by atoms with E-state index in [1.54, 1.807) is 0 Å². The Bertz CT molecular complexity index is 816. The average molecular weight is 473 g/mol. The van der Waals surface area contributed by atoms with E-state index in [1.807, 2.05) is 0 Å². The van der Waals surface area contributed by atoms with Crippen LogP contribution in [0.1, 0.15) is 61.7 Å². The summed E-state index contributed by atoms with van der Waals surface area (Å²) in [7, 11) is 1.08. The maximum atomic E-state index is 12.0. The number of nitrogens with zero attached hydrogens (tertiary/aromatic N) is 2. The lowest BCUT2D eigenvalue weighted by atomic mass is 9.87. The number of nitriles is 1. The molecule has 2 amide bonds. The molecule has 184 valence electrons. The fourth-order valence-corrected chi connectivity index (χ4v) is 3.47. The summed E-state index contributed by atoms with van der Waals surface area (Å²) in [5, 5.41) is 19.6. The quantitative estimate of drug-likeness (QED) is 0.518. The molecule has 3 aliphatic rings. The number of aromatic nitrogens is 2. The van der Waals surface area contributed by atoms with Gasteiger partial charge < -0.3 is 21.1 Å². The summed E-state index contributed by atoms with van der Waals surface area (Å²) in [5.74, 6) is 0.416. The summed E-state index contributed by atoms with van der Waals surface area (Å²) >= 11 is 0. The molecule has 1 aromatic heterocycles. The summed E-state index contributed by atoms with van der Waals surface area (Å²) in [6.45, 7) is -0.264. The molecule has 0 aromatic carbocycles. The van der Waals surface area contributed by atoms with E-state index in [0.717, 1.165) is 32.3 Å². The first kappa shape index (κ1) is 26.6. The van der Waals surface area contributed by atoms with Crippen LogP contribution in [0.4, 0.5) is 19.0 Å². The van der Waals surface area contributed by atoms with Crippen LogP contribution in [-0.2, 0) is 9.53 Å². The lowest BCUT2D eigenvalue weighted by molar-refractivity contribution is -0.284. The number of carbonyl (C=O) groups excluding carboxylic acids is 2. The Labute approximate surface area is 190 Å². The largest absolute Gasteiger partial charge is 0.419 e. The van der Waals surface area contributed by atoms with Gasteiger partial charge in [0.1, 0.15) is 11.4 Å². The molecule has 5 N–H and O–H groups in total. The van der Waals surface area contributed by atoms with E-state index in [4.69, 9.17) is 11.0 Å². The summed E-state index contributed by atoms with van der Waals surface area (Å²) in [4.78, 5) is 22.2. The van der Waals surface area contributed by atoms with Crippen LogP contribution >= 0.6 is 0 Å². The number of nitrogens with one attached hydrogen (secondary N) is 3. The van der Waals surface area contributed by atoms with Crippen molar-refractivity contribution in [1.29, 1.82) is 5.26 Å². The van der Waals surface area contributed by atoms with Crippen LogP contribution in [0.25, 0.3) is 0 Å². The predicted molar refractivity (Wildman–Crippen MR) is 114 cm³/mol. The molecule has 4 rings (SSSR count). The van der Waals surface area contributed by atoms with Gasteiger partial charge in [0.15, 0.2) is 5.60 Å². The molecule has 0 bridgehead atoms. The molecule has 3 fully saturated rings. The van der Waals surface area contributed by atoms with Crippen molar-refractivity contribution in [2.45, 2.75) is 63.1 Å². The highest BCUT2D eigenvalue weighted by Crippen LogP contribution is 2.35. The van der Waals surface area contributed by atoms with Crippen molar-refractivity contribution in [3.8, 4) is 6.07 Å². The van der Waals surface area contributed by atoms with Gasteiger partial charge in [-0.05, 0) is 31.6 Å². The van der Waals surface area contributed by atoms with Gasteiger partial charge in [-0.3, -0.25) is 14.7 Å². The van der Waals surface area contributed by atoms with Crippen molar-refractivity contribution >= 4 is 17.6 Å². The molecule has 9 nitrogen and oxygen atoms in total. The van der Waals surface area contributed by atoms with Gasteiger partial charge in [-0.1, -0.05) is 19.3 Å². The van der Waals surface area contributed by atoms with E-state index in [9.17, 15) is 22.8 Å². The lowest BCUT2D eigenvalue weighted by Crippen LogP contribution is -2.68. The standard InChI is InChI=1S/C8H10N4O2.C8H13N.C5H8F3NO/c9-6(13)5-3-10-12-7(5)11-8(14)4-1-2-4;9-7-6-8-4-2-1-3-5-8;1-10-4(2-9-3-4)5(6,7)8/h3-4H,1-2H2,(H2,9,13)(H2,10,11,12,14);8H,1-6H2;9H,2-3H2,1H3. The molecule has 2 heterocycles. The number of methoxy groups -OCH3 is 1. The minimum Gasteiger partial charge on any atom is -0.366 e. The first-order chi connectivity index (χ1) is 15.6. The molecule has 33 heavy (non-hydrogen) atoms. The second-order valence-corrected chi connectivity index (χ2v) is 8.45. The molecule has 1 aromatic rings. The zero-order valence-corrected chi connectivity index (χ0v) is 18.6. The van der Waals surface area contributed by atoms with E-state index in [0.29, 0.717) is 0 Å². The maximum absolute atomic E-state index is 12.0. The van der Waals surface area contributed by atoms with Gasteiger partial charge in [0.05, 0.1) is 12.3 Å². The van der Waals surface area contributed by atoms with Crippen molar-refractivity contribution in [3.63, 3.8) is 0 Å². The Morgan fingerprint density at radius 1 is 1.27 bits per heavy atom. The van der Waals surface area contributed by atoms with Crippen molar-refractivity contribution in [1.82, 2.24) is 15.5 Å². The van der Waals surface area contributed by atoms with Gasteiger partial charge in [0.2, 0.25) is 5.91 Å². The van der Waals surface area contributed by atoms with Gasteiger partial charge in [-0.25, -0.2) is 0 Å². The molecule has 0 unspecified atom stereocenters. The SMILES string of the molecule is COC1(C(F)(F)F)CNC1.N#CCC1CCCCC1.NC(=O)c1cn[nH]c1NC(=O)C1CC1. The molecular weight excluding hydrogens is 441 g/mol. The number of ether oxygens (including phenoxy) is 1. The number of primary amides is 1. The number of anilines is 1. The molecule has 1 saturated heterocycles. The maximum Gasteiger partial charge on any atom is 0.419 e. The Morgan fingerprint density at radius 2 is 1.91 bits per heavy atom. The number of hydrogen-bond donors (Lipinski definition) is 4. The number of hydrogen-bond acceptors (Lipinski definition) is 6. The van der Waals surface area contributed by atoms with Crippen LogP contribution in [0.2, 0.25) is 0 Å². The fourth-order valence-electron chi connectivity index (χ4n) is 3.47. The Kier molecular flexibility index (Phi) is 9.67. The molecule has 2 aliphatic carbocycles. The predicted octanol–water partition coefficient (Wildman–Crippen LogP) is 2.87. The molecule has 0 atom stereocenters. The second kappa shape index (κ2) is 12.0. The third kappa shape index (κ3) is 7.71. The van der Waals surface area contributed by atoms with Crippen LogP contribution in [0, 0.1) is 23.2 Å². The van der Waals surface area contributed by atoms with Gasteiger partial charge in [-0.2, -0.15) is 23.5 Å². The van der Waals surface area contributed by atoms with Gasteiger partial charge in [-0.15, -0.1) is 0 Å². The Hall–Kier alpha value is -2.65. The smallest absolute Gasteiger partial charge is 0.366 e. The Balaban J connectivity index is 0.000000181. The number of H-pyrrole nitrogens is 1. The molecule has 2 saturated carbocycles. The molecule has 0 radical (unpaired) electrons. The van der Waals surface area contributed by atoms with Crippen LogP contribution in [0.5, 0.6) is 0 Å². The van der Waals surface area contributed by atoms with E-state index in [-0.39, 0.29) is 36.3 Å². The monoisotopic (exact) mass is 472 g/mol. The van der Waals surface area contributed by atoms with Crippen LogP contribution in [-0.4, -0.2) is 54.0 Å². The van der Waals surface area contributed by atoms with Crippen molar-refractivity contribution in [2.24, 2.45) is 17.6 Å². The van der Waals surface area contributed by atoms with Crippen molar-refractivity contribution in [3.05, 3.63) is 11.8 Å². The van der Waals surface area contributed by atoms with Gasteiger partial charge in [0, 0.05) is 32.5 Å². The second-order valence-electron chi connectivity index (χ2n) is 8.45. The molecular formula is C21H31F3N6O3. The summed E-state index contributed by atoms with van der Waals surface area (Å²) in [6, 6.07) is 2.24. The number of nitrogens with two attached hydrogens (primary N) is 1. The molecule has 12 heteroatoms. The van der Waals surface area contributed by atoms with Crippen molar-refractivity contribution in [2.75, 3.05) is 25.5 Å². The average Bonchev–Trinajstić information content (AvgIpc) is 3.48. The van der Waals surface area contributed by atoms with E-state index in [1.165, 1.54) is 38.3 Å². The number of alkyl halides is 3. The van der Waals surface area contributed by atoms with Crippen LogP contribution in [0.15, 0.2) is 6.20 Å². The zero-order chi connectivity index (χ0) is 24.5. The zero-order valence-electron chi connectivity index (χ0n) is 18.6. The lowest BCUT2D eigenvalue weighted by Gasteiger charge is -2.42. The highest BCUT2D eigenvalue weighted by molar-refractivity contribution is 6.02. The van der Waals surface area contributed by atoms with Gasteiger partial charge in [0.25, 0.3) is 5.91 Å². The summed E-state index contributed by atoms with van der Waals surface area (Å²) in [5.41, 5.74) is 3.37. The number of amides is 2. The van der Waals surface area contributed by atoms with E-state index in [2.05, 4.69) is 31.6 Å². The molecule has 0 spiro atoms. The first-order valence-corrected chi connectivity index (χ1v) is 11.0. The highest BCUT2D eigenvalue weighted by atomic mass is 19.4. The highest BCUT2D eigenvalue weighted by Gasteiger charge is 2.59. The van der Waals surface area contributed by atoms with E-state index >= 15 is 0 Å². The third-order valence-electron chi connectivity index (χ3n) is 5.93. The molecule has 1 aliphatic heterocycles. The van der Waals surface area contributed by atoms with E-state index < -0.39 is 17.7 Å².